The van der Waals surface area contributed by atoms with Gasteiger partial charge in [-0.1, -0.05) is 0 Å². The van der Waals surface area contributed by atoms with Crippen molar-refractivity contribution in [2.45, 2.75) is 24.9 Å². The van der Waals surface area contributed by atoms with Crippen LogP contribution < -0.4 is 16.4 Å². The second-order valence-electron chi connectivity index (χ2n) is 3.90. The van der Waals surface area contributed by atoms with Gasteiger partial charge in [0.2, 0.25) is 11.8 Å². The van der Waals surface area contributed by atoms with Crippen molar-refractivity contribution in [1.29, 1.82) is 0 Å². The number of nitrogens with one attached hydrogen (secondary N) is 2. The maximum Gasteiger partial charge on any atom is 0.327 e. The van der Waals surface area contributed by atoms with E-state index in [4.69, 9.17) is 15.9 Å². The third kappa shape index (κ3) is 7.59. The Bertz CT molecular complexity index is 389. The molecule has 0 aliphatic carbocycles. The van der Waals surface area contributed by atoms with E-state index in [1.54, 1.807) is 0 Å². The quantitative estimate of drug-likeness (QED) is 0.263. The fourth-order valence-electron chi connectivity index (χ4n) is 1.11. The third-order valence-corrected chi connectivity index (χ3v) is 2.63. The van der Waals surface area contributed by atoms with Gasteiger partial charge in [0.1, 0.15) is 12.1 Å². The summed E-state index contributed by atoms with van der Waals surface area (Å²) in [4.78, 5) is 43.7. The van der Waals surface area contributed by atoms with Crippen LogP contribution in [0.15, 0.2) is 0 Å². The number of carboxylic acids is 2. The SMILES string of the molecule is N[C@@H](CCC(=O)NCC(=O)N[C@H](CS)C(=O)O)C(=O)O. The summed E-state index contributed by atoms with van der Waals surface area (Å²) in [7, 11) is 0. The second kappa shape index (κ2) is 9.15. The smallest absolute Gasteiger partial charge is 0.327 e. The molecule has 0 aromatic rings. The summed E-state index contributed by atoms with van der Waals surface area (Å²) in [6.45, 7) is -0.404. The minimum Gasteiger partial charge on any atom is -0.480 e. The molecule has 9 nitrogen and oxygen atoms in total. The zero-order chi connectivity index (χ0) is 15.7. The fraction of sp³-hybridized carbons (Fsp3) is 0.600. The lowest BCUT2D eigenvalue weighted by molar-refractivity contribution is -0.141. The van der Waals surface area contributed by atoms with Crippen LogP contribution in [-0.2, 0) is 19.2 Å². The summed E-state index contributed by atoms with van der Waals surface area (Å²) in [5.74, 6) is -3.75. The van der Waals surface area contributed by atoms with Gasteiger partial charge in [0.15, 0.2) is 0 Å². The molecule has 0 radical (unpaired) electrons. The minimum atomic E-state index is -1.23. The number of amides is 2. The van der Waals surface area contributed by atoms with E-state index in [-0.39, 0.29) is 18.6 Å². The standard InChI is InChI=1S/C10H17N3O6S/c11-5(9(16)17)1-2-7(14)12-3-8(15)13-6(4-20)10(18)19/h5-6,20H,1-4,11H2,(H,12,14)(H,13,15)(H,16,17)(H,18,19)/t5-,6+/m0/s1. The predicted octanol–water partition coefficient (Wildman–Crippen LogP) is -2.21. The number of nitrogens with two attached hydrogens (primary N) is 1. The van der Waals surface area contributed by atoms with Gasteiger partial charge in [-0.2, -0.15) is 12.6 Å². The molecular weight excluding hydrogens is 290 g/mol. The molecule has 2 amide bonds. The van der Waals surface area contributed by atoms with E-state index in [0.717, 1.165) is 0 Å². The van der Waals surface area contributed by atoms with Crippen LogP contribution >= 0.6 is 12.6 Å². The average Bonchev–Trinajstić information content (AvgIpc) is 2.38. The molecule has 0 spiro atoms. The third-order valence-electron chi connectivity index (χ3n) is 2.26. The van der Waals surface area contributed by atoms with Gasteiger partial charge in [0.05, 0.1) is 6.54 Å². The minimum absolute atomic E-state index is 0.0584. The molecule has 0 unspecified atom stereocenters. The van der Waals surface area contributed by atoms with Crippen LogP contribution in [0.25, 0.3) is 0 Å². The summed E-state index contributed by atoms with van der Waals surface area (Å²) < 4.78 is 0. The lowest BCUT2D eigenvalue weighted by atomic mass is 10.1. The van der Waals surface area contributed by atoms with Crippen LogP contribution in [0.5, 0.6) is 0 Å². The van der Waals surface area contributed by atoms with Crippen molar-refractivity contribution in [1.82, 2.24) is 10.6 Å². The van der Waals surface area contributed by atoms with Crippen LogP contribution in [-0.4, -0.2) is 58.3 Å². The maximum atomic E-state index is 11.3. The lowest BCUT2D eigenvalue weighted by Crippen LogP contribution is -2.46. The van der Waals surface area contributed by atoms with Crippen molar-refractivity contribution in [3.05, 3.63) is 0 Å². The molecule has 0 aromatic carbocycles. The van der Waals surface area contributed by atoms with Crippen LogP contribution in [0.4, 0.5) is 0 Å². The molecular formula is C10H17N3O6S. The number of rotatable bonds is 9. The number of hydrogen-bond donors (Lipinski definition) is 6. The molecule has 0 bridgehead atoms. The number of aliphatic carboxylic acids is 2. The first-order valence-corrected chi connectivity index (χ1v) is 6.29. The highest BCUT2D eigenvalue weighted by molar-refractivity contribution is 7.80. The summed E-state index contributed by atoms with van der Waals surface area (Å²) in [5, 5.41) is 21.6. The molecule has 2 atom stereocenters. The van der Waals surface area contributed by atoms with Crippen molar-refractivity contribution < 1.29 is 29.4 Å². The highest BCUT2D eigenvalue weighted by Crippen LogP contribution is 1.94. The molecule has 0 aliphatic rings. The van der Waals surface area contributed by atoms with Gasteiger partial charge < -0.3 is 26.6 Å². The van der Waals surface area contributed by atoms with Crippen LogP contribution in [0.3, 0.4) is 0 Å². The molecule has 0 rings (SSSR count). The van der Waals surface area contributed by atoms with Gasteiger partial charge >= 0.3 is 11.9 Å². The molecule has 114 valence electrons. The Labute approximate surface area is 120 Å². The molecule has 6 N–H and O–H groups in total. The Morgan fingerprint density at radius 1 is 1.10 bits per heavy atom. The van der Waals surface area contributed by atoms with E-state index in [9.17, 15) is 19.2 Å². The van der Waals surface area contributed by atoms with Gasteiger partial charge in [0.25, 0.3) is 0 Å². The highest BCUT2D eigenvalue weighted by Gasteiger charge is 2.18. The van der Waals surface area contributed by atoms with Crippen LogP contribution in [0, 0.1) is 0 Å². The van der Waals surface area contributed by atoms with Crippen molar-refractivity contribution in [3.8, 4) is 0 Å². The first kappa shape index (κ1) is 18.2. The Balaban J connectivity index is 3.97. The average molecular weight is 307 g/mol. The Hall–Kier alpha value is -1.81. The zero-order valence-electron chi connectivity index (χ0n) is 10.5. The van der Waals surface area contributed by atoms with Crippen molar-refractivity contribution >= 4 is 36.4 Å². The number of carboxylic acid groups (broad SMARTS) is 2. The van der Waals surface area contributed by atoms with Gasteiger partial charge in [-0.05, 0) is 6.42 Å². The lowest BCUT2D eigenvalue weighted by Gasteiger charge is -2.12. The normalized spacial score (nSPS) is 13.1. The largest absolute Gasteiger partial charge is 0.480 e. The van der Waals surface area contributed by atoms with Crippen molar-refractivity contribution in [3.63, 3.8) is 0 Å². The monoisotopic (exact) mass is 307 g/mol. The molecule has 0 aliphatic heterocycles. The molecule has 0 heterocycles. The number of thiol groups is 1. The van der Waals surface area contributed by atoms with Crippen LogP contribution in [0.1, 0.15) is 12.8 Å². The van der Waals surface area contributed by atoms with E-state index in [2.05, 4.69) is 23.3 Å². The molecule has 10 heteroatoms. The van der Waals surface area contributed by atoms with E-state index >= 15 is 0 Å². The Morgan fingerprint density at radius 3 is 2.15 bits per heavy atom. The molecule has 20 heavy (non-hydrogen) atoms. The molecule has 0 fully saturated rings. The van der Waals surface area contributed by atoms with Gasteiger partial charge in [0, 0.05) is 12.2 Å². The Morgan fingerprint density at radius 2 is 1.70 bits per heavy atom. The topological polar surface area (TPSA) is 159 Å². The highest BCUT2D eigenvalue weighted by atomic mass is 32.1. The fourth-order valence-corrected chi connectivity index (χ4v) is 1.36. The molecule has 0 saturated heterocycles. The maximum absolute atomic E-state index is 11.3. The van der Waals surface area contributed by atoms with E-state index in [1.165, 1.54) is 0 Å². The van der Waals surface area contributed by atoms with E-state index in [0.29, 0.717) is 0 Å². The number of carbonyl (C=O) groups excluding carboxylic acids is 2. The van der Waals surface area contributed by atoms with Crippen molar-refractivity contribution in [2.75, 3.05) is 12.3 Å². The molecule has 0 aromatic heterocycles. The Kier molecular flexibility index (Phi) is 8.32. The second-order valence-corrected chi connectivity index (χ2v) is 4.27. The van der Waals surface area contributed by atoms with Gasteiger partial charge in [-0.15, -0.1) is 0 Å². The predicted molar refractivity (Wildman–Crippen MR) is 71.3 cm³/mol. The van der Waals surface area contributed by atoms with Crippen LogP contribution in [0.2, 0.25) is 0 Å². The first-order chi connectivity index (χ1) is 9.27. The van der Waals surface area contributed by atoms with Gasteiger partial charge in [-0.3, -0.25) is 14.4 Å². The summed E-state index contributed by atoms with van der Waals surface area (Å²) in [5.41, 5.74) is 5.21. The van der Waals surface area contributed by atoms with E-state index < -0.39 is 42.4 Å². The van der Waals surface area contributed by atoms with Gasteiger partial charge in [-0.25, -0.2) is 4.79 Å². The summed E-state index contributed by atoms with van der Waals surface area (Å²) >= 11 is 3.76. The molecule has 0 saturated carbocycles. The summed E-state index contributed by atoms with van der Waals surface area (Å²) in [6, 6.07) is -2.28. The van der Waals surface area contributed by atoms with Crippen molar-refractivity contribution in [2.24, 2.45) is 5.73 Å². The number of hydrogen-bond acceptors (Lipinski definition) is 6. The number of carbonyl (C=O) groups is 4. The summed E-state index contributed by atoms with van der Waals surface area (Å²) in [6.07, 6.45) is -0.202. The first-order valence-electron chi connectivity index (χ1n) is 5.66. The van der Waals surface area contributed by atoms with E-state index in [1.807, 2.05) is 0 Å². The zero-order valence-corrected chi connectivity index (χ0v) is 11.4.